The Bertz CT molecular complexity index is 861. The van der Waals surface area contributed by atoms with Crippen LogP contribution in [0.2, 0.25) is 0 Å². The Labute approximate surface area is 222 Å². The van der Waals surface area contributed by atoms with Crippen molar-refractivity contribution in [3.05, 3.63) is 35.4 Å². The summed E-state index contributed by atoms with van der Waals surface area (Å²) in [5, 5.41) is 4.77. The van der Waals surface area contributed by atoms with Crippen LogP contribution in [0, 0.1) is 5.92 Å². The van der Waals surface area contributed by atoms with Gasteiger partial charge in [0.15, 0.2) is 6.61 Å². The molecule has 2 bridgehead atoms. The Hall–Kier alpha value is -0.570. The molecule has 4 aliphatic rings. The third-order valence-corrected chi connectivity index (χ3v) is 8.82. The van der Waals surface area contributed by atoms with Crippen molar-refractivity contribution in [3.8, 4) is 0 Å². The molecule has 0 radical (unpaired) electrons. The molecule has 3 aliphatic heterocycles. The van der Waals surface area contributed by atoms with E-state index < -0.39 is 0 Å². The van der Waals surface area contributed by atoms with Crippen molar-refractivity contribution >= 4 is 23.5 Å². The van der Waals surface area contributed by atoms with Gasteiger partial charge in [-0.3, -0.25) is 0 Å². The van der Waals surface area contributed by atoms with Crippen LogP contribution in [0.25, 0.3) is 6.08 Å². The molecular formula is C27H41IN2O2S. The van der Waals surface area contributed by atoms with Gasteiger partial charge in [0, 0.05) is 10.8 Å². The van der Waals surface area contributed by atoms with E-state index in [9.17, 15) is 0 Å². The van der Waals surface area contributed by atoms with Gasteiger partial charge in [0.2, 0.25) is 0 Å². The molecule has 184 valence electrons. The molecule has 0 aromatic heterocycles. The maximum atomic E-state index is 6.61. The van der Waals surface area contributed by atoms with E-state index in [1.54, 1.807) is 11.8 Å². The maximum Gasteiger partial charge on any atom is 0.165 e. The lowest BCUT2D eigenvalue weighted by Crippen LogP contribution is -3.00. The fourth-order valence-electron chi connectivity index (χ4n) is 6.06. The first-order valence-corrected chi connectivity index (χ1v) is 13.7. The summed E-state index contributed by atoms with van der Waals surface area (Å²) in [6, 6.07) is 8.81. The van der Waals surface area contributed by atoms with Crippen molar-refractivity contribution in [1.29, 1.82) is 0 Å². The largest absolute Gasteiger partial charge is 1.00 e. The minimum absolute atomic E-state index is 0. The number of oxime groups is 1. The molecular weight excluding hydrogens is 543 g/mol. The molecule has 1 aliphatic carbocycles. The second-order valence-electron chi connectivity index (χ2n) is 10.6. The van der Waals surface area contributed by atoms with Gasteiger partial charge in [-0.15, -0.1) is 11.8 Å². The molecule has 2 unspecified atom stereocenters. The molecule has 0 N–H and O–H groups in total. The summed E-state index contributed by atoms with van der Waals surface area (Å²) in [5.74, 6) is 0.336. The monoisotopic (exact) mass is 584 g/mol. The number of piperidine rings is 1. The molecule has 6 heteroatoms. The van der Waals surface area contributed by atoms with Gasteiger partial charge in [0.1, 0.15) is 17.9 Å². The summed E-state index contributed by atoms with van der Waals surface area (Å²) in [5.41, 5.74) is 2.95. The smallest absolute Gasteiger partial charge is 0.165 e. The molecule has 0 amide bonds. The Morgan fingerprint density at radius 3 is 2.45 bits per heavy atom. The standard InChI is InChI=1S/C27H41N2O2S.HI/c1-6-29(16-8-7-9-17-29)18-19-30-28-25-23(20-21-10-12-22(32-5)13-11-21)24-14-15-27(25,4)31-26(24,2)3;/h10-13,20,24H,6-9,14-19H2,1-5H3;1H/q+1;/p-1/b23-20+,28-25+;. The van der Waals surface area contributed by atoms with Gasteiger partial charge >= 0.3 is 0 Å². The molecule has 3 saturated heterocycles. The van der Waals surface area contributed by atoms with E-state index in [-0.39, 0.29) is 35.2 Å². The zero-order valence-corrected chi connectivity index (χ0v) is 24.0. The number of halogens is 1. The highest BCUT2D eigenvalue weighted by Crippen LogP contribution is 2.51. The van der Waals surface area contributed by atoms with Crippen molar-refractivity contribution < 1.29 is 38.0 Å². The summed E-state index contributed by atoms with van der Waals surface area (Å²) in [6.07, 6.45) is 10.6. The number of rotatable bonds is 7. The van der Waals surface area contributed by atoms with Crippen molar-refractivity contribution in [3.63, 3.8) is 0 Å². The highest BCUT2D eigenvalue weighted by Gasteiger charge is 2.55. The quantitative estimate of drug-likeness (QED) is 0.162. The predicted octanol–water partition coefficient (Wildman–Crippen LogP) is 3.17. The van der Waals surface area contributed by atoms with E-state index in [0.29, 0.717) is 12.5 Å². The van der Waals surface area contributed by atoms with E-state index in [4.69, 9.17) is 14.7 Å². The minimum Gasteiger partial charge on any atom is -1.00 e. The predicted molar refractivity (Wildman–Crippen MR) is 135 cm³/mol. The van der Waals surface area contributed by atoms with Crippen molar-refractivity contribution in [2.45, 2.75) is 75.9 Å². The second kappa shape index (κ2) is 11.0. The average molecular weight is 585 g/mol. The zero-order chi connectivity index (χ0) is 22.8. The number of thioether (sulfide) groups is 1. The number of benzene rings is 1. The molecule has 4 fully saturated rings. The lowest BCUT2D eigenvalue weighted by atomic mass is 9.64. The normalized spacial score (nSPS) is 30.3. The van der Waals surface area contributed by atoms with Crippen LogP contribution in [0.3, 0.4) is 0 Å². The lowest BCUT2D eigenvalue weighted by molar-refractivity contribution is -0.931. The zero-order valence-electron chi connectivity index (χ0n) is 21.0. The van der Waals surface area contributed by atoms with E-state index >= 15 is 0 Å². The Morgan fingerprint density at radius 2 is 1.85 bits per heavy atom. The molecule has 4 nitrogen and oxygen atoms in total. The van der Waals surface area contributed by atoms with Crippen LogP contribution in [0.15, 0.2) is 39.9 Å². The Balaban J connectivity index is 0.00000306. The molecule has 1 aromatic carbocycles. The van der Waals surface area contributed by atoms with Crippen molar-refractivity contribution in [1.82, 2.24) is 0 Å². The summed E-state index contributed by atoms with van der Waals surface area (Å²) in [7, 11) is 0. The molecule has 3 heterocycles. The molecule has 5 rings (SSSR count). The third kappa shape index (κ3) is 5.81. The van der Waals surface area contributed by atoms with Crippen LogP contribution in [-0.4, -0.2) is 60.4 Å². The Morgan fingerprint density at radius 1 is 1.15 bits per heavy atom. The summed E-state index contributed by atoms with van der Waals surface area (Å²) >= 11 is 1.78. The van der Waals surface area contributed by atoms with Gasteiger partial charge in [-0.25, -0.2) is 0 Å². The minimum atomic E-state index is -0.383. The maximum absolute atomic E-state index is 6.61. The highest BCUT2D eigenvalue weighted by atomic mass is 127. The van der Waals surface area contributed by atoms with E-state index in [1.807, 2.05) is 0 Å². The van der Waals surface area contributed by atoms with Gasteiger partial charge < -0.3 is 38.0 Å². The number of quaternary nitrogens is 1. The highest BCUT2D eigenvalue weighted by molar-refractivity contribution is 7.98. The Kier molecular flexibility index (Phi) is 9.01. The number of hydrogen-bond donors (Lipinski definition) is 0. The number of likely N-dealkylation sites (N-methyl/N-ethyl adjacent to an activating group) is 1. The van der Waals surface area contributed by atoms with Gasteiger partial charge in [-0.1, -0.05) is 17.3 Å². The average Bonchev–Trinajstić information content (AvgIpc) is 2.78. The van der Waals surface area contributed by atoms with E-state index in [0.717, 1.165) is 25.1 Å². The fraction of sp³-hybridized carbons (Fsp3) is 0.667. The van der Waals surface area contributed by atoms with Gasteiger partial charge in [-0.2, -0.15) is 0 Å². The molecule has 33 heavy (non-hydrogen) atoms. The van der Waals surface area contributed by atoms with Crippen molar-refractivity contribution in [2.75, 3.05) is 39.0 Å². The van der Waals surface area contributed by atoms with E-state index in [1.165, 1.54) is 59.4 Å². The van der Waals surface area contributed by atoms with Crippen LogP contribution in [0.1, 0.15) is 65.4 Å². The number of nitrogens with zero attached hydrogens (tertiary/aromatic N) is 2. The first-order valence-electron chi connectivity index (χ1n) is 12.4. The van der Waals surface area contributed by atoms with E-state index in [2.05, 4.69) is 64.3 Å². The number of likely N-dealkylation sites (tertiary alicyclic amines) is 1. The topological polar surface area (TPSA) is 30.8 Å². The van der Waals surface area contributed by atoms with Crippen LogP contribution >= 0.6 is 11.8 Å². The second-order valence-corrected chi connectivity index (χ2v) is 11.4. The number of hydrogen-bond acceptors (Lipinski definition) is 4. The fourth-order valence-corrected chi connectivity index (χ4v) is 6.47. The van der Waals surface area contributed by atoms with Crippen LogP contribution in [0.5, 0.6) is 0 Å². The van der Waals surface area contributed by atoms with Gasteiger partial charge in [0.05, 0.1) is 25.2 Å². The molecule has 1 saturated carbocycles. The van der Waals surface area contributed by atoms with Crippen LogP contribution in [0.4, 0.5) is 0 Å². The van der Waals surface area contributed by atoms with Crippen LogP contribution in [-0.2, 0) is 9.57 Å². The molecule has 0 spiro atoms. The SMILES string of the molecule is CC[N+]1(CCO/N=C2\C(=C\c3ccc(SC)cc3)C3CCC2(C)OC3(C)C)CCCCC1.[I-]. The number of ether oxygens (including phenoxy) is 1. The first-order chi connectivity index (χ1) is 15.3. The molecule has 2 atom stereocenters. The van der Waals surface area contributed by atoms with Crippen LogP contribution < -0.4 is 24.0 Å². The first kappa shape index (κ1) is 27.0. The summed E-state index contributed by atoms with van der Waals surface area (Å²) in [6.45, 7) is 14.4. The van der Waals surface area contributed by atoms with Gasteiger partial charge in [0.25, 0.3) is 0 Å². The summed E-state index contributed by atoms with van der Waals surface area (Å²) < 4.78 is 7.79. The number of fused-ring (bicyclic) bond motifs is 3. The summed E-state index contributed by atoms with van der Waals surface area (Å²) in [4.78, 5) is 7.33. The third-order valence-electron chi connectivity index (χ3n) is 8.07. The molecule has 1 aromatic rings. The van der Waals surface area contributed by atoms with Crippen molar-refractivity contribution in [2.24, 2.45) is 11.1 Å². The van der Waals surface area contributed by atoms with Gasteiger partial charge in [-0.05, 0) is 95.4 Å². The lowest BCUT2D eigenvalue weighted by Gasteiger charge is -2.55.